The lowest BCUT2D eigenvalue weighted by atomic mass is 10.2. The van der Waals surface area contributed by atoms with Gasteiger partial charge < -0.3 is 11.1 Å². The Hall–Kier alpha value is -2.13. The number of rotatable bonds is 6. The Balaban J connectivity index is 1.86. The van der Waals surface area contributed by atoms with Crippen LogP contribution in [-0.2, 0) is 4.79 Å². The van der Waals surface area contributed by atoms with Crippen LogP contribution in [0.1, 0.15) is 31.9 Å². The highest BCUT2D eigenvalue weighted by Gasteiger charge is 2.25. The van der Waals surface area contributed by atoms with E-state index in [1.807, 2.05) is 32.9 Å². The number of benzene rings is 1. The Bertz CT molecular complexity index is 903. The summed E-state index contributed by atoms with van der Waals surface area (Å²) in [5.74, 6) is 0.911. The zero-order chi connectivity index (χ0) is 18.0. The molecule has 3 rings (SSSR count). The summed E-state index contributed by atoms with van der Waals surface area (Å²) >= 11 is 2.98. The second-order valence-corrected chi connectivity index (χ2v) is 7.81. The van der Waals surface area contributed by atoms with Crippen molar-refractivity contribution in [2.75, 3.05) is 16.8 Å². The summed E-state index contributed by atoms with van der Waals surface area (Å²) in [5, 5.41) is 12.1. The second kappa shape index (κ2) is 7.40. The van der Waals surface area contributed by atoms with E-state index in [1.165, 1.54) is 28.7 Å². The minimum Gasteiger partial charge on any atom is -0.368 e. The summed E-state index contributed by atoms with van der Waals surface area (Å²) in [6, 6.07) is 5.56. The monoisotopic (exact) mass is 376 g/mol. The van der Waals surface area contributed by atoms with Gasteiger partial charge in [0.1, 0.15) is 6.04 Å². The molecule has 0 radical (unpaired) electrons. The van der Waals surface area contributed by atoms with Crippen molar-refractivity contribution in [2.24, 2.45) is 0 Å². The van der Waals surface area contributed by atoms with E-state index in [9.17, 15) is 4.79 Å². The molecule has 0 spiro atoms. The number of nitrogens with two attached hydrogens (primary N) is 1. The van der Waals surface area contributed by atoms with E-state index >= 15 is 0 Å². The second-order valence-electron chi connectivity index (χ2n) is 5.55. The van der Waals surface area contributed by atoms with Crippen molar-refractivity contribution < 1.29 is 4.79 Å². The molecule has 1 atom stereocenters. The summed E-state index contributed by atoms with van der Waals surface area (Å²) < 4.78 is 2.75. The van der Waals surface area contributed by atoms with Gasteiger partial charge in [-0.25, -0.2) is 4.98 Å². The first kappa shape index (κ1) is 17.7. The normalized spacial score (nSPS) is 12.4. The molecule has 132 valence electrons. The number of thioether (sulfide) groups is 1. The Morgan fingerprint density at radius 1 is 1.40 bits per heavy atom. The smallest absolute Gasteiger partial charge is 0.249 e. The molecule has 0 aliphatic heterocycles. The number of carbonyl (C=O) groups excluding carboxylic acids is 1. The van der Waals surface area contributed by atoms with E-state index in [1.54, 1.807) is 4.57 Å². The van der Waals surface area contributed by atoms with Crippen LogP contribution in [0.15, 0.2) is 23.4 Å². The Kier molecular flexibility index (Phi) is 5.24. The van der Waals surface area contributed by atoms with Crippen molar-refractivity contribution in [3.8, 4) is 0 Å². The van der Waals surface area contributed by atoms with Gasteiger partial charge in [0.15, 0.2) is 10.3 Å². The van der Waals surface area contributed by atoms with E-state index in [0.717, 1.165) is 16.0 Å². The summed E-state index contributed by atoms with van der Waals surface area (Å²) in [6.45, 7) is 5.99. The average Bonchev–Trinajstić information content (AvgIpc) is 3.12. The lowest BCUT2D eigenvalue weighted by Gasteiger charge is -2.18. The first-order valence-electron chi connectivity index (χ1n) is 8.04. The van der Waals surface area contributed by atoms with Crippen LogP contribution in [0.4, 0.5) is 11.1 Å². The highest BCUT2D eigenvalue weighted by atomic mass is 32.2. The van der Waals surface area contributed by atoms with Gasteiger partial charge in [0.2, 0.25) is 11.9 Å². The fourth-order valence-electron chi connectivity index (χ4n) is 2.57. The summed E-state index contributed by atoms with van der Waals surface area (Å²) in [4.78, 5) is 17.3. The van der Waals surface area contributed by atoms with Crippen LogP contribution in [-0.4, -0.2) is 31.4 Å². The molecule has 1 aromatic carbocycles. The fraction of sp³-hybridized carbons (Fsp3) is 0.375. The Morgan fingerprint density at radius 2 is 2.20 bits per heavy atom. The van der Waals surface area contributed by atoms with Gasteiger partial charge in [0.25, 0.3) is 0 Å². The van der Waals surface area contributed by atoms with Gasteiger partial charge in [-0.3, -0.25) is 9.36 Å². The maximum atomic E-state index is 12.8. The summed E-state index contributed by atoms with van der Waals surface area (Å²) in [6.07, 6.45) is 0.579. The number of aryl methyl sites for hydroxylation is 1. The number of nitrogen functional groups attached to an aromatic ring is 1. The number of carbonyl (C=O) groups is 1. The lowest BCUT2D eigenvalue weighted by Crippen LogP contribution is -2.27. The number of aromatic nitrogens is 4. The fourth-order valence-corrected chi connectivity index (χ4v) is 4.25. The topological polar surface area (TPSA) is 98.7 Å². The van der Waals surface area contributed by atoms with Crippen molar-refractivity contribution in [3.63, 3.8) is 0 Å². The van der Waals surface area contributed by atoms with Crippen molar-refractivity contribution in [1.29, 1.82) is 0 Å². The molecule has 0 aliphatic rings. The van der Waals surface area contributed by atoms with Crippen LogP contribution in [0, 0.1) is 6.92 Å². The molecule has 0 aliphatic carbocycles. The average molecular weight is 377 g/mol. The van der Waals surface area contributed by atoms with E-state index < -0.39 is 6.04 Å². The van der Waals surface area contributed by atoms with Crippen LogP contribution >= 0.6 is 23.1 Å². The molecule has 1 amide bonds. The molecule has 0 saturated carbocycles. The van der Waals surface area contributed by atoms with Crippen molar-refractivity contribution in [1.82, 2.24) is 19.7 Å². The maximum Gasteiger partial charge on any atom is 0.249 e. The summed E-state index contributed by atoms with van der Waals surface area (Å²) in [5.41, 5.74) is 7.99. The van der Waals surface area contributed by atoms with E-state index in [0.29, 0.717) is 16.7 Å². The van der Waals surface area contributed by atoms with Gasteiger partial charge >= 0.3 is 0 Å². The largest absolute Gasteiger partial charge is 0.368 e. The standard InChI is InChI=1S/C16H20N6OS2/c1-4-11(22-14(17)20-21-16(22)24-5-2)13(23)19-15-18-10-7-6-9(3)8-12(10)25-15/h6-8,11H,4-5H2,1-3H3,(H2,17,20)(H,18,19,23). The number of nitrogens with one attached hydrogen (secondary N) is 1. The molecular weight excluding hydrogens is 356 g/mol. The number of fused-ring (bicyclic) bond motifs is 1. The number of hydrogen-bond acceptors (Lipinski definition) is 7. The summed E-state index contributed by atoms with van der Waals surface area (Å²) in [7, 11) is 0. The van der Waals surface area contributed by atoms with Crippen LogP contribution in [0.3, 0.4) is 0 Å². The minimum atomic E-state index is -0.474. The molecule has 2 aromatic heterocycles. The van der Waals surface area contributed by atoms with E-state index in [4.69, 9.17) is 5.73 Å². The number of thiazole rings is 1. The third-order valence-corrected chi connectivity index (χ3v) is 5.50. The highest BCUT2D eigenvalue weighted by molar-refractivity contribution is 7.99. The molecule has 0 saturated heterocycles. The van der Waals surface area contributed by atoms with Crippen molar-refractivity contribution in [2.45, 2.75) is 38.4 Å². The van der Waals surface area contributed by atoms with Crippen molar-refractivity contribution >= 4 is 50.3 Å². The third-order valence-electron chi connectivity index (χ3n) is 3.74. The SMILES string of the molecule is CCSc1nnc(N)n1C(CC)C(=O)Nc1nc2ccc(C)cc2s1. The number of amides is 1. The minimum absolute atomic E-state index is 0.164. The molecule has 1 unspecified atom stereocenters. The quantitative estimate of drug-likeness (QED) is 0.639. The third kappa shape index (κ3) is 3.62. The molecule has 9 heteroatoms. The van der Waals surface area contributed by atoms with E-state index in [-0.39, 0.29) is 11.9 Å². The van der Waals surface area contributed by atoms with Crippen LogP contribution in [0.5, 0.6) is 0 Å². The molecule has 0 fully saturated rings. The lowest BCUT2D eigenvalue weighted by molar-refractivity contribution is -0.119. The molecule has 3 N–H and O–H groups in total. The molecule has 2 heterocycles. The van der Waals surface area contributed by atoms with Crippen LogP contribution < -0.4 is 11.1 Å². The van der Waals surface area contributed by atoms with Crippen molar-refractivity contribution in [3.05, 3.63) is 23.8 Å². The number of hydrogen-bond donors (Lipinski definition) is 2. The number of anilines is 2. The zero-order valence-electron chi connectivity index (χ0n) is 14.3. The molecule has 0 bridgehead atoms. The van der Waals surface area contributed by atoms with E-state index in [2.05, 4.69) is 26.6 Å². The Morgan fingerprint density at radius 3 is 2.92 bits per heavy atom. The van der Waals surface area contributed by atoms with Gasteiger partial charge in [0.05, 0.1) is 10.2 Å². The predicted molar refractivity (Wildman–Crippen MR) is 103 cm³/mol. The Labute approximate surface area is 154 Å². The molecule has 3 aromatic rings. The van der Waals surface area contributed by atoms with Gasteiger partial charge in [0, 0.05) is 0 Å². The predicted octanol–water partition coefficient (Wildman–Crippen LogP) is 3.48. The molecule has 7 nitrogen and oxygen atoms in total. The van der Waals surface area contributed by atoms with Gasteiger partial charge in [-0.1, -0.05) is 43.0 Å². The van der Waals surface area contributed by atoms with Gasteiger partial charge in [-0.05, 0) is 36.8 Å². The van der Waals surface area contributed by atoms with Gasteiger partial charge in [-0.15, -0.1) is 10.2 Å². The van der Waals surface area contributed by atoms with Gasteiger partial charge in [-0.2, -0.15) is 0 Å². The van der Waals surface area contributed by atoms with Crippen LogP contribution in [0.2, 0.25) is 0 Å². The first-order valence-corrected chi connectivity index (χ1v) is 9.84. The molecular formula is C16H20N6OS2. The highest BCUT2D eigenvalue weighted by Crippen LogP contribution is 2.29. The molecule has 25 heavy (non-hydrogen) atoms. The maximum absolute atomic E-state index is 12.8. The number of nitrogens with zero attached hydrogens (tertiary/aromatic N) is 4. The zero-order valence-corrected chi connectivity index (χ0v) is 15.9. The first-order chi connectivity index (χ1) is 12.0. The van der Waals surface area contributed by atoms with Crippen LogP contribution in [0.25, 0.3) is 10.2 Å².